The molecule has 3 aromatic rings. The lowest BCUT2D eigenvalue weighted by Crippen LogP contribution is -2.32. The standard InChI is InChI=1S/C20H20N4O6.BrH/c1-2-30-17(25)12-23(10-13-6-4-3-5-7-13)11-14-8-15(24(28)29)9-16-18(14)22-20(27)19(26)21-16;/h3-9H,2,10-12H2,1H3,(H,21,26)(H,22,27);1H. The number of benzene rings is 2. The lowest BCUT2D eigenvalue weighted by atomic mass is 10.1. The van der Waals surface area contributed by atoms with Crippen molar-refractivity contribution in [1.82, 2.24) is 14.9 Å². The fourth-order valence-electron chi connectivity index (χ4n) is 3.15. The maximum atomic E-state index is 12.1. The van der Waals surface area contributed by atoms with Gasteiger partial charge in [0.25, 0.3) is 5.69 Å². The van der Waals surface area contributed by atoms with Crippen molar-refractivity contribution in [3.05, 3.63) is 84.4 Å². The molecule has 0 spiro atoms. The molecule has 0 saturated carbocycles. The summed E-state index contributed by atoms with van der Waals surface area (Å²) in [4.78, 5) is 52.9. The molecule has 1 aromatic heterocycles. The average molecular weight is 493 g/mol. The molecule has 31 heavy (non-hydrogen) atoms. The zero-order valence-corrected chi connectivity index (χ0v) is 18.3. The smallest absolute Gasteiger partial charge is 0.320 e. The van der Waals surface area contributed by atoms with Gasteiger partial charge < -0.3 is 14.7 Å². The fourth-order valence-corrected chi connectivity index (χ4v) is 3.15. The van der Waals surface area contributed by atoms with Crippen LogP contribution < -0.4 is 11.1 Å². The molecule has 0 fully saturated rings. The molecule has 1 heterocycles. The van der Waals surface area contributed by atoms with Crippen LogP contribution in [0.3, 0.4) is 0 Å². The highest BCUT2D eigenvalue weighted by Crippen LogP contribution is 2.23. The second-order valence-corrected chi connectivity index (χ2v) is 6.63. The Morgan fingerprint density at radius 3 is 2.42 bits per heavy atom. The van der Waals surface area contributed by atoms with E-state index in [0.29, 0.717) is 12.1 Å². The van der Waals surface area contributed by atoms with Gasteiger partial charge in [0.05, 0.1) is 29.1 Å². The van der Waals surface area contributed by atoms with E-state index < -0.39 is 22.0 Å². The van der Waals surface area contributed by atoms with Crippen molar-refractivity contribution in [2.45, 2.75) is 20.0 Å². The van der Waals surface area contributed by atoms with Gasteiger partial charge in [0.2, 0.25) is 0 Å². The monoisotopic (exact) mass is 492 g/mol. The molecule has 2 N–H and O–H groups in total. The van der Waals surface area contributed by atoms with Crippen molar-refractivity contribution in [2.75, 3.05) is 13.2 Å². The minimum Gasteiger partial charge on any atom is -0.465 e. The number of H-pyrrole nitrogens is 2. The van der Waals surface area contributed by atoms with Crippen LogP contribution in [-0.2, 0) is 22.6 Å². The van der Waals surface area contributed by atoms with E-state index in [1.165, 1.54) is 12.1 Å². The van der Waals surface area contributed by atoms with Gasteiger partial charge in [-0.2, -0.15) is 0 Å². The first-order valence-electron chi connectivity index (χ1n) is 9.23. The Balaban J connectivity index is 0.00000341. The highest BCUT2D eigenvalue weighted by molar-refractivity contribution is 8.93. The molecule has 2 aromatic carbocycles. The van der Waals surface area contributed by atoms with E-state index >= 15 is 0 Å². The molecule has 0 aliphatic rings. The van der Waals surface area contributed by atoms with Crippen LogP contribution in [0, 0.1) is 10.1 Å². The third kappa shape index (κ3) is 6.09. The summed E-state index contributed by atoms with van der Waals surface area (Å²) in [5.41, 5.74) is -0.270. The summed E-state index contributed by atoms with van der Waals surface area (Å²) in [6.07, 6.45) is 0. The van der Waals surface area contributed by atoms with E-state index in [9.17, 15) is 24.5 Å². The molecular formula is C20H21BrN4O6. The number of nitro groups is 1. The summed E-state index contributed by atoms with van der Waals surface area (Å²) in [6.45, 7) is 2.35. The van der Waals surface area contributed by atoms with Crippen LogP contribution in [0.2, 0.25) is 0 Å². The summed E-state index contributed by atoms with van der Waals surface area (Å²) in [6, 6.07) is 11.9. The number of nitro benzene ring substituents is 1. The van der Waals surface area contributed by atoms with Gasteiger partial charge in [-0.1, -0.05) is 30.3 Å². The number of halogens is 1. The van der Waals surface area contributed by atoms with Gasteiger partial charge in [0.15, 0.2) is 0 Å². The summed E-state index contributed by atoms with van der Waals surface area (Å²) in [5.74, 6) is -0.440. The van der Waals surface area contributed by atoms with E-state index in [-0.39, 0.29) is 53.4 Å². The number of esters is 1. The van der Waals surface area contributed by atoms with Gasteiger partial charge in [0.1, 0.15) is 0 Å². The lowest BCUT2D eigenvalue weighted by Gasteiger charge is -2.22. The molecule has 0 aliphatic carbocycles. The van der Waals surface area contributed by atoms with E-state index in [1.54, 1.807) is 11.8 Å². The number of aromatic amines is 2. The van der Waals surface area contributed by atoms with E-state index in [4.69, 9.17) is 4.74 Å². The molecule has 0 unspecified atom stereocenters. The van der Waals surface area contributed by atoms with Gasteiger partial charge in [-0.05, 0) is 18.1 Å². The number of non-ortho nitro benzene ring substituents is 1. The number of hydrogen-bond acceptors (Lipinski definition) is 7. The van der Waals surface area contributed by atoms with Crippen LogP contribution in [0.25, 0.3) is 11.0 Å². The Morgan fingerprint density at radius 2 is 1.77 bits per heavy atom. The average Bonchev–Trinajstić information content (AvgIpc) is 2.70. The van der Waals surface area contributed by atoms with Gasteiger partial charge in [-0.15, -0.1) is 17.0 Å². The minimum atomic E-state index is -0.901. The molecule has 164 valence electrons. The highest BCUT2D eigenvalue weighted by atomic mass is 79.9. The third-order valence-electron chi connectivity index (χ3n) is 4.41. The molecule has 0 bridgehead atoms. The number of hydrogen-bond donors (Lipinski definition) is 2. The second-order valence-electron chi connectivity index (χ2n) is 6.63. The van der Waals surface area contributed by atoms with Crippen LogP contribution >= 0.6 is 17.0 Å². The number of nitrogens with one attached hydrogen (secondary N) is 2. The zero-order chi connectivity index (χ0) is 21.7. The minimum absolute atomic E-state index is 0. The Bertz CT molecular complexity index is 1190. The number of carbonyl (C=O) groups excluding carboxylic acids is 1. The highest BCUT2D eigenvalue weighted by Gasteiger charge is 2.19. The lowest BCUT2D eigenvalue weighted by molar-refractivity contribution is -0.384. The largest absolute Gasteiger partial charge is 0.465 e. The predicted octanol–water partition coefficient (Wildman–Crippen LogP) is 2.27. The van der Waals surface area contributed by atoms with Gasteiger partial charge in [0, 0.05) is 25.2 Å². The first kappa shape index (κ1) is 24.0. The Hall–Kier alpha value is -3.31. The van der Waals surface area contributed by atoms with E-state index in [2.05, 4.69) is 9.97 Å². The molecule has 11 heteroatoms. The third-order valence-corrected chi connectivity index (χ3v) is 4.41. The van der Waals surface area contributed by atoms with Gasteiger partial charge in [-0.3, -0.25) is 29.4 Å². The quantitative estimate of drug-likeness (QED) is 0.213. The number of carbonyl (C=O) groups is 1. The maximum Gasteiger partial charge on any atom is 0.320 e. The Labute approximate surface area is 186 Å². The Morgan fingerprint density at radius 1 is 1.10 bits per heavy atom. The van der Waals surface area contributed by atoms with Crippen molar-refractivity contribution in [1.29, 1.82) is 0 Å². The summed E-state index contributed by atoms with van der Waals surface area (Å²) in [5, 5.41) is 11.3. The molecule has 0 atom stereocenters. The molecule has 10 nitrogen and oxygen atoms in total. The molecule has 0 saturated heterocycles. The molecular weight excluding hydrogens is 472 g/mol. The fraction of sp³-hybridized carbons (Fsp3) is 0.250. The van der Waals surface area contributed by atoms with Crippen molar-refractivity contribution < 1.29 is 14.5 Å². The van der Waals surface area contributed by atoms with E-state index in [1.807, 2.05) is 30.3 Å². The normalized spacial score (nSPS) is 10.6. The predicted molar refractivity (Wildman–Crippen MR) is 119 cm³/mol. The molecule has 0 aliphatic heterocycles. The number of nitrogens with zero attached hydrogens (tertiary/aromatic N) is 2. The first-order valence-corrected chi connectivity index (χ1v) is 9.23. The summed E-state index contributed by atoms with van der Waals surface area (Å²) < 4.78 is 5.04. The van der Waals surface area contributed by atoms with Crippen LogP contribution in [-0.4, -0.2) is 38.9 Å². The van der Waals surface area contributed by atoms with Crippen LogP contribution in [0.4, 0.5) is 5.69 Å². The van der Waals surface area contributed by atoms with Crippen LogP contribution in [0.5, 0.6) is 0 Å². The zero-order valence-electron chi connectivity index (χ0n) is 16.6. The summed E-state index contributed by atoms with van der Waals surface area (Å²) in [7, 11) is 0. The Kier molecular flexibility index (Phi) is 8.22. The number of ether oxygens (including phenoxy) is 1. The number of rotatable bonds is 8. The molecule has 3 rings (SSSR count). The number of fused-ring (bicyclic) bond motifs is 1. The van der Waals surface area contributed by atoms with Crippen molar-refractivity contribution >= 4 is 39.7 Å². The topological polar surface area (TPSA) is 138 Å². The van der Waals surface area contributed by atoms with Crippen LogP contribution in [0.1, 0.15) is 18.1 Å². The van der Waals surface area contributed by atoms with Crippen molar-refractivity contribution in [3.63, 3.8) is 0 Å². The molecule has 0 radical (unpaired) electrons. The summed E-state index contributed by atoms with van der Waals surface area (Å²) >= 11 is 0. The van der Waals surface area contributed by atoms with Gasteiger partial charge >= 0.3 is 17.1 Å². The van der Waals surface area contributed by atoms with Crippen molar-refractivity contribution in [3.8, 4) is 0 Å². The second kappa shape index (κ2) is 10.6. The van der Waals surface area contributed by atoms with Gasteiger partial charge in [-0.25, -0.2) is 0 Å². The first-order chi connectivity index (χ1) is 14.4. The number of aromatic nitrogens is 2. The van der Waals surface area contributed by atoms with Crippen LogP contribution in [0.15, 0.2) is 52.1 Å². The van der Waals surface area contributed by atoms with Crippen molar-refractivity contribution in [2.24, 2.45) is 0 Å². The maximum absolute atomic E-state index is 12.1. The molecule has 0 amide bonds. The SMILES string of the molecule is Br.CCOC(=O)CN(Cc1ccccc1)Cc1cc([N+](=O)[O-])cc2[nH]c(=O)c(=O)[nH]c12. The van der Waals surface area contributed by atoms with E-state index in [0.717, 1.165) is 5.56 Å².